The van der Waals surface area contributed by atoms with E-state index in [9.17, 15) is 0 Å². The molecule has 1 fully saturated rings. The van der Waals surface area contributed by atoms with Gasteiger partial charge in [-0.05, 0) is 61.7 Å². The van der Waals surface area contributed by atoms with Crippen molar-refractivity contribution < 1.29 is 1.43 Å². The van der Waals surface area contributed by atoms with E-state index in [2.05, 4.69) is 69.9 Å². The molecule has 1 atom stereocenters. The van der Waals surface area contributed by atoms with Crippen molar-refractivity contribution in [1.82, 2.24) is 19.9 Å². The summed E-state index contributed by atoms with van der Waals surface area (Å²) < 4.78 is 0. The number of nitrogens with one attached hydrogen (secondary N) is 1. The van der Waals surface area contributed by atoms with Gasteiger partial charge in [0.05, 0.1) is 11.9 Å². The second-order valence-electron chi connectivity index (χ2n) is 8.69. The van der Waals surface area contributed by atoms with Crippen LogP contribution in [0.1, 0.15) is 34.5 Å². The molecule has 3 heterocycles. The van der Waals surface area contributed by atoms with Gasteiger partial charge in [-0.25, -0.2) is 4.98 Å². The Morgan fingerprint density at radius 2 is 2.03 bits per heavy atom. The van der Waals surface area contributed by atoms with Crippen LogP contribution in [0.15, 0.2) is 61.3 Å². The summed E-state index contributed by atoms with van der Waals surface area (Å²) in [6, 6.07) is 8.39. The van der Waals surface area contributed by atoms with Gasteiger partial charge in [-0.2, -0.15) is 0 Å². The Morgan fingerprint density at radius 3 is 2.83 bits per heavy atom. The number of benzene rings is 1. The lowest BCUT2D eigenvalue weighted by Crippen LogP contribution is -2.29. The fourth-order valence-electron chi connectivity index (χ4n) is 4.29. The molecule has 0 bridgehead atoms. The molecule has 0 aliphatic carbocycles. The van der Waals surface area contributed by atoms with Crippen LogP contribution in [-0.4, -0.2) is 39.5 Å². The Labute approximate surface area is 180 Å². The van der Waals surface area contributed by atoms with E-state index in [-0.39, 0.29) is 1.43 Å². The zero-order chi connectivity index (χ0) is 20.9. The van der Waals surface area contributed by atoms with Crippen LogP contribution < -0.4 is 5.32 Å². The standard InChI is InChI=1S/C25H31N5.H2/c1-18(2)17-30-11-4-5-20(8-12-30)19(3)29-25-14-23-13-21(6-7-22(23)15-28-25)24-16-26-9-10-27-24;/h6-7,9-10,13-16,18,20H,3-5,8,11-12,17H2,1-2H3,(H,28,29);1H. The molecule has 5 heteroatoms. The molecule has 0 amide bonds. The van der Waals surface area contributed by atoms with Crippen molar-refractivity contribution in [3.05, 3.63) is 61.3 Å². The first-order valence-electron chi connectivity index (χ1n) is 10.9. The van der Waals surface area contributed by atoms with Crippen molar-refractivity contribution in [2.75, 3.05) is 25.0 Å². The Bertz CT molecular complexity index is 1010. The quantitative estimate of drug-likeness (QED) is 0.579. The van der Waals surface area contributed by atoms with E-state index in [0.717, 1.165) is 52.4 Å². The van der Waals surface area contributed by atoms with Crippen LogP contribution in [0.5, 0.6) is 0 Å². The third-order valence-electron chi connectivity index (χ3n) is 5.81. The highest BCUT2D eigenvalue weighted by Crippen LogP contribution is 2.27. The van der Waals surface area contributed by atoms with Crippen LogP contribution in [0, 0.1) is 11.8 Å². The Morgan fingerprint density at radius 1 is 1.13 bits per heavy atom. The Kier molecular flexibility index (Phi) is 6.38. The van der Waals surface area contributed by atoms with Gasteiger partial charge in [0.15, 0.2) is 0 Å². The minimum atomic E-state index is 0. The van der Waals surface area contributed by atoms with Gasteiger partial charge in [0.25, 0.3) is 0 Å². The normalized spacial score (nSPS) is 17.8. The van der Waals surface area contributed by atoms with Gasteiger partial charge in [0.2, 0.25) is 0 Å². The summed E-state index contributed by atoms with van der Waals surface area (Å²) in [6.07, 6.45) is 10.7. The van der Waals surface area contributed by atoms with Gasteiger partial charge in [-0.3, -0.25) is 9.97 Å². The molecule has 1 aromatic carbocycles. The highest BCUT2D eigenvalue weighted by molar-refractivity contribution is 5.88. The Balaban J connectivity index is 0.00000272. The smallest absolute Gasteiger partial charge is 0.130 e. The molecule has 1 unspecified atom stereocenters. The van der Waals surface area contributed by atoms with Crippen LogP contribution in [0.25, 0.3) is 22.0 Å². The average Bonchev–Trinajstić information content (AvgIpc) is 2.99. The van der Waals surface area contributed by atoms with E-state index in [0.29, 0.717) is 5.92 Å². The number of pyridine rings is 1. The van der Waals surface area contributed by atoms with Gasteiger partial charge in [0, 0.05) is 43.2 Å². The zero-order valence-corrected chi connectivity index (χ0v) is 18.0. The van der Waals surface area contributed by atoms with Crippen LogP contribution in [0.2, 0.25) is 0 Å². The first-order chi connectivity index (χ1) is 14.6. The summed E-state index contributed by atoms with van der Waals surface area (Å²) in [5.74, 6) is 2.06. The number of hydrogen-bond acceptors (Lipinski definition) is 5. The summed E-state index contributed by atoms with van der Waals surface area (Å²) in [6.45, 7) is 12.5. The monoisotopic (exact) mass is 403 g/mol. The predicted molar refractivity (Wildman–Crippen MR) is 126 cm³/mol. The second-order valence-corrected chi connectivity index (χ2v) is 8.69. The number of anilines is 1. The second kappa shape index (κ2) is 9.35. The van der Waals surface area contributed by atoms with Crippen LogP contribution in [0.3, 0.4) is 0 Å². The van der Waals surface area contributed by atoms with Crippen molar-refractivity contribution in [3.8, 4) is 11.3 Å². The van der Waals surface area contributed by atoms with Crippen molar-refractivity contribution >= 4 is 16.6 Å². The molecule has 1 aliphatic rings. The SMILES string of the molecule is C=C(Nc1cc2cc(-c3cnccn3)ccc2cn1)C1CCCN(CC(C)C)CC1.[HH]. The summed E-state index contributed by atoms with van der Waals surface area (Å²) >= 11 is 0. The maximum absolute atomic E-state index is 4.61. The molecule has 1 N–H and O–H groups in total. The molecule has 4 rings (SSSR count). The van der Waals surface area contributed by atoms with Gasteiger partial charge in [-0.15, -0.1) is 0 Å². The van der Waals surface area contributed by atoms with Crippen molar-refractivity contribution in [2.45, 2.75) is 33.1 Å². The molecule has 0 saturated carbocycles. The number of aromatic nitrogens is 3. The van der Waals surface area contributed by atoms with E-state index in [1.54, 1.807) is 18.6 Å². The van der Waals surface area contributed by atoms with E-state index >= 15 is 0 Å². The number of rotatable bonds is 6. The Hall–Kier alpha value is -2.79. The fourth-order valence-corrected chi connectivity index (χ4v) is 4.29. The van der Waals surface area contributed by atoms with Crippen LogP contribution >= 0.6 is 0 Å². The molecule has 30 heavy (non-hydrogen) atoms. The van der Waals surface area contributed by atoms with Gasteiger partial charge >= 0.3 is 0 Å². The maximum Gasteiger partial charge on any atom is 0.130 e. The zero-order valence-electron chi connectivity index (χ0n) is 18.0. The molecule has 5 nitrogen and oxygen atoms in total. The lowest BCUT2D eigenvalue weighted by molar-refractivity contribution is 0.252. The molecule has 1 saturated heterocycles. The third-order valence-corrected chi connectivity index (χ3v) is 5.81. The first-order valence-corrected chi connectivity index (χ1v) is 10.9. The van der Waals surface area contributed by atoms with E-state index < -0.39 is 0 Å². The number of allylic oxidation sites excluding steroid dienone is 1. The van der Waals surface area contributed by atoms with E-state index in [1.807, 2.05) is 6.20 Å². The van der Waals surface area contributed by atoms with Crippen molar-refractivity contribution in [3.63, 3.8) is 0 Å². The van der Waals surface area contributed by atoms with E-state index in [1.165, 1.54) is 25.9 Å². The molecule has 3 aromatic rings. The third kappa shape index (κ3) is 5.03. The summed E-state index contributed by atoms with van der Waals surface area (Å²) in [7, 11) is 0. The molecular weight excluding hydrogens is 370 g/mol. The summed E-state index contributed by atoms with van der Waals surface area (Å²) in [4.78, 5) is 15.8. The summed E-state index contributed by atoms with van der Waals surface area (Å²) in [5.41, 5.74) is 3.01. The van der Waals surface area contributed by atoms with Gasteiger partial charge in [-0.1, -0.05) is 32.6 Å². The minimum Gasteiger partial charge on any atom is -0.344 e. The van der Waals surface area contributed by atoms with Crippen molar-refractivity contribution in [2.24, 2.45) is 11.8 Å². The number of fused-ring (bicyclic) bond motifs is 1. The largest absolute Gasteiger partial charge is 0.344 e. The lowest BCUT2D eigenvalue weighted by Gasteiger charge is -2.22. The molecule has 158 valence electrons. The minimum absolute atomic E-state index is 0. The maximum atomic E-state index is 4.61. The predicted octanol–water partition coefficient (Wildman–Crippen LogP) is 5.62. The molecule has 1 aliphatic heterocycles. The molecular formula is C25H33N5. The van der Waals surface area contributed by atoms with E-state index in [4.69, 9.17) is 0 Å². The number of hydrogen-bond donors (Lipinski definition) is 1. The molecule has 0 radical (unpaired) electrons. The fraction of sp³-hybridized carbons (Fsp3) is 0.400. The van der Waals surface area contributed by atoms with Gasteiger partial charge in [0.1, 0.15) is 5.82 Å². The van der Waals surface area contributed by atoms with Crippen LogP contribution in [-0.2, 0) is 0 Å². The lowest BCUT2D eigenvalue weighted by atomic mass is 9.97. The topological polar surface area (TPSA) is 53.9 Å². The number of likely N-dealkylation sites (tertiary alicyclic amines) is 1. The van der Waals surface area contributed by atoms with Crippen molar-refractivity contribution in [1.29, 1.82) is 0 Å². The molecule has 2 aromatic heterocycles. The summed E-state index contributed by atoms with van der Waals surface area (Å²) in [5, 5.41) is 5.74. The van der Waals surface area contributed by atoms with Crippen LogP contribution in [0.4, 0.5) is 5.82 Å². The highest BCUT2D eigenvalue weighted by atomic mass is 15.1. The average molecular weight is 404 g/mol. The first kappa shape index (κ1) is 20.5. The number of nitrogens with zero attached hydrogens (tertiary/aromatic N) is 4. The highest BCUT2D eigenvalue weighted by Gasteiger charge is 2.20. The van der Waals surface area contributed by atoms with Gasteiger partial charge < -0.3 is 10.2 Å². The molecule has 0 spiro atoms.